The van der Waals surface area contributed by atoms with Crippen LogP contribution in [0.1, 0.15) is 22.0 Å². The lowest BCUT2D eigenvalue weighted by Gasteiger charge is -2.42. The van der Waals surface area contributed by atoms with E-state index in [0.29, 0.717) is 29.1 Å². The predicted molar refractivity (Wildman–Crippen MR) is 198 cm³/mol. The van der Waals surface area contributed by atoms with E-state index in [1.54, 1.807) is 29.2 Å². The molecule has 3 aliphatic heterocycles. The van der Waals surface area contributed by atoms with Crippen LogP contribution in [0.25, 0.3) is 21.7 Å². The molecule has 0 bridgehead atoms. The maximum atomic E-state index is 14.3. The van der Waals surface area contributed by atoms with Crippen molar-refractivity contribution in [2.24, 2.45) is 0 Å². The SMILES string of the molecule is CN(C)CCOc1ccc2[nH]c(C(=O)N3C[C@@H](CCl)c4c3cc(OC3O[C@H](CO[C@@H]5O[C@H](CO)[C@H](O)[C@H](O)[C@H]5O)[C@H](O)[C@H](O)[C@H]3O)c3ccccc43)cc2c1. The second-order valence-corrected chi connectivity index (χ2v) is 14.7. The molecule has 1 amide bonds. The third kappa shape index (κ3) is 7.75. The van der Waals surface area contributed by atoms with E-state index in [1.165, 1.54) is 0 Å². The molecule has 298 valence electrons. The lowest BCUT2D eigenvalue weighted by atomic mass is 9.95. The molecule has 1 aromatic heterocycles. The highest BCUT2D eigenvalue weighted by atomic mass is 35.5. The minimum absolute atomic E-state index is 0.208. The summed E-state index contributed by atoms with van der Waals surface area (Å²) in [6.45, 7) is 0.348. The van der Waals surface area contributed by atoms with Crippen LogP contribution >= 0.6 is 11.6 Å². The largest absolute Gasteiger partial charge is 0.492 e. The number of nitrogens with zero attached hydrogens (tertiary/aromatic N) is 2. The number of hydrogen-bond donors (Lipinski definition) is 8. The number of halogens is 1. The Balaban J connectivity index is 1.15. The van der Waals surface area contributed by atoms with E-state index in [4.69, 9.17) is 35.3 Å². The van der Waals surface area contributed by atoms with Crippen molar-refractivity contribution in [3.05, 3.63) is 65.9 Å². The average molecular weight is 788 g/mol. The Morgan fingerprint density at radius 2 is 1.58 bits per heavy atom. The Bertz CT molecular complexity index is 1980. The molecule has 55 heavy (non-hydrogen) atoms. The van der Waals surface area contributed by atoms with E-state index < -0.39 is 74.6 Å². The highest BCUT2D eigenvalue weighted by molar-refractivity contribution is 6.19. The smallest absolute Gasteiger partial charge is 0.274 e. The van der Waals surface area contributed by atoms with Gasteiger partial charge in [0, 0.05) is 47.2 Å². The number of aliphatic hydroxyl groups excluding tert-OH is 7. The number of aliphatic hydroxyl groups is 7. The summed E-state index contributed by atoms with van der Waals surface area (Å²) < 4.78 is 29.0. The van der Waals surface area contributed by atoms with Gasteiger partial charge in [-0.2, -0.15) is 0 Å². The van der Waals surface area contributed by atoms with Crippen molar-refractivity contribution in [2.45, 2.75) is 67.3 Å². The fraction of sp³-hybridized carbons (Fsp3) is 0.500. The van der Waals surface area contributed by atoms with Crippen LogP contribution in [-0.4, -0.2) is 166 Å². The number of rotatable bonds is 12. The zero-order valence-corrected chi connectivity index (χ0v) is 30.9. The number of nitrogens with one attached hydrogen (secondary N) is 1. The van der Waals surface area contributed by atoms with Gasteiger partial charge in [0.05, 0.1) is 18.9 Å². The number of aromatic amines is 1. The van der Waals surface area contributed by atoms with Crippen LogP contribution in [0.3, 0.4) is 0 Å². The van der Waals surface area contributed by atoms with Crippen molar-refractivity contribution in [3.8, 4) is 11.5 Å². The molecule has 1 unspecified atom stereocenters. The number of carbonyl (C=O) groups is 1. The van der Waals surface area contributed by atoms with Gasteiger partial charge >= 0.3 is 0 Å². The van der Waals surface area contributed by atoms with E-state index >= 15 is 0 Å². The van der Waals surface area contributed by atoms with E-state index in [1.807, 2.05) is 49.3 Å². The van der Waals surface area contributed by atoms with Gasteiger partial charge in [0.2, 0.25) is 6.29 Å². The number of carbonyl (C=O) groups excluding carboxylic acids is 1. The number of likely N-dealkylation sites (N-methyl/N-ethyl adjacent to an activating group) is 1. The number of fused-ring (bicyclic) bond motifs is 4. The third-order valence-electron chi connectivity index (χ3n) is 10.4. The molecule has 2 saturated heterocycles. The van der Waals surface area contributed by atoms with Crippen molar-refractivity contribution in [1.82, 2.24) is 9.88 Å². The quantitative estimate of drug-likeness (QED) is 0.0902. The molecule has 17 heteroatoms. The van der Waals surface area contributed by atoms with Gasteiger partial charge < -0.3 is 74.2 Å². The number of benzene rings is 3. The van der Waals surface area contributed by atoms with Crippen molar-refractivity contribution in [2.75, 3.05) is 57.8 Å². The molecule has 2 fully saturated rings. The van der Waals surface area contributed by atoms with Crippen LogP contribution in [-0.2, 0) is 14.2 Å². The summed E-state index contributed by atoms with van der Waals surface area (Å²) in [4.78, 5) is 21.1. The normalized spacial score (nSPS) is 31.0. The Morgan fingerprint density at radius 3 is 2.29 bits per heavy atom. The first-order chi connectivity index (χ1) is 26.4. The van der Waals surface area contributed by atoms with Crippen molar-refractivity contribution in [3.63, 3.8) is 0 Å². The number of hydrogen-bond acceptors (Lipinski definition) is 14. The van der Waals surface area contributed by atoms with E-state index in [-0.39, 0.29) is 30.0 Å². The topological polar surface area (TPSA) is 227 Å². The maximum absolute atomic E-state index is 14.3. The second-order valence-electron chi connectivity index (χ2n) is 14.4. The van der Waals surface area contributed by atoms with E-state index in [9.17, 15) is 40.5 Å². The van der Waals surface area contributed by atoms with Gasteiger partial charge in [-0.1, -0.05) is 24.3 Å². The Hall–Kier alpha value is -3.62. The van der Waals surface area contributed by atoms with Crippen molar-refractivity contribution in [1.29, 1.82) is 0 Å². The molecule has 0 spiro atoms. The highest BCUT2D eigenvalue weighted by Gasteiger charge is 2.48. The molecule has 0 saturated carbocycles. The summed E-state index contributed by atoms with van der Waals surface area (Å²) in [6.07, 6.45) is -15.8. The lowest BCUT2D eigenvalue weighted by molar-refractivity contribution is -0.323. The Labute approximate surface area is 320 Å². The number of alkyl halides is 1. The predicted octanol–water partition coefficient (Wildman–Crippen LogP) is 0.247. The van der Waals surface area contributed by atoms with Gasteiger partial charge in [-0.05, 0) is 49.3 Å². The van der Waals surface area contributed by atoms with Gasteiger partial charge in [0.25, 0.3) is 5.91 Å². The van der Waals surface area contributed by atoms with Crippen LogP contribution in [0.4, 0.5) is 5.69 Å². The number of ether oxygens (including phenoxy) is 5. The zero-order chi connectivity index (χ0) is 39.1. The number of amides is 1. The molecule has 4 aromatic rings. The summed E-state index contributed by atoms with van der Waals surface area (Å²) >= 11 is 6.51. The number of aromatic nitrogens is 1. The molecule has 7 rings (SSSR count). The Kier molecular flexibility index (Phi) is 11.9. The molecular weight excluding hydrogens is 742 g/mol. The third-order valence-corrected chi connectivity index (χ3v) is 10.7. The molecule has 3 aromatic carbocycles. The molecule has 3 aliphatic rings. The van der Waals surface area contributed by atoms with Gasteiger partial charge in [0.1, 0.15) is 72.6 Å². The summed E-state index contributed by atoms with van der Waals surface area (Å²) in [5.41, 5.74) is 2.48. The summed E-state index contributed by atoms with van der Waals surface area (Å²) in [5, 5.41) is 75.0. The van der Waals surface area contributed by atoms with Gasteiger partial charge in [0.15, 0.2) is 6.29 Å². The van der Waals surface area contributed by atoms with Crippen LogP contribution in [0.2, 0.25) is 0 Å². The van der Waals surface area contributed by atoms with E-state index in [2.05, 4.69) is 4.98 Å². The van der Waals surface area contributed by atoms with Gasteiger partial charge in [-0.15, -0.1) is 11.6 Å². The monoisotopic (exact) mass is 787 g/mol. The maximum Gasteiger partial charge on any atom is 0.274 e. The molecule has 16 nitrogen and oxygen atoms in total. The highest BCUT2D eigenvalue weighted by Crippen LogP contribution is 2.46. The first kappa shape index (κ1) is 39.6. The summed E-state index contributed by atoms with van der Waals surface area (Å²) in [6, 6.07) is 16.3. The summed E-state index contributed by atoms with van der Waals surface area (Å²) in [7, 11) is 3.93. The van der Waals surface area contributed by atoms with Gasteiger partial charge in [-0.3, -0.25) is 4.79 Å². The lowest BCUT2D eigenvalue weighted by Crippen LogP contribution is -2.62. The molecular formula is C38H46ClN3O13. The number of anilines is 1. The minimum Gasteiger partial charge on any atom is -0.492 e. The van der Waals surface area contributed by atoms with Crippen LogP contribution in [0, 0.1) is 0 Å². The second kappa shape index (κ2) is 16.5. The molecule has 0 radical (unpaired) electrons. The zero-order valence-electron chi connectivity index (χ0n) is 30.1. The first-order valence-corrected chi connectivity index (χ1v) is 18.6. The molecule has 0 aliphatic carbocycles. The van der Waals surface area contributed by atoms with Crippen LogP contribution < -0.4 is 14.4 Å². The first-order valence-electron chi connectivity index (χ1n) is 18.0. The minimum atomic E-state index is -1.76. The summed E-state index contributed by atoms with van der Waals surface area (Å²) in [5.74, 6) is 0.588. The number of H-pyrrole nitrogens is 1. The van der Waals surface area contributed by atoms with Gasteiger partial charge in [-0.25, -0.2) is 0 Å². The molecule has 11 atom stereocenters. The fourth-order valence-electron chi connectivity index (χ4n) is 7.31. The van der Waals surface area contributed by atoms with Crippen molar-refractivity contribution >= 4 is 44.9 Å². The molecule has 8 N–H and O–H groups in total. The molecule has 4 heterocycles. The fourth-order valence-corrected chi connectivity index (χ4v) is 7.56. The van der Waals surface area contributed by atoms with Crippen LogP contribution in [0.15, 0.2) is 54.6 Å². The van der Waals surface area contributed by atoms with Crippen molar-refractivity contribution < 1.29 is 64.2 Å². The standard InChI is InChI=1S/C38H46ClN3O13/c1-41(2)9-10-51-20-7-8-23-18(11-20)12-24(40-23)36(50)42-15-19(14-39)29-22-6-4-3-5-21(22)26(13-25(29)42)53-38-35(49)33(47)31(45)28(55-38)17-52-37-34(48)32(46)30(44)27(16-43)54-37/h3-8,11-13,19,27-28,30-35,37-38,40,43-49H,9-10,14-17H2,1-2H3/t19-,27-,28-,30+,31+,32+,33+,34-,35-,37-,38?/m1/s1. The van der Waals surface area contributed by atoms with E-state index in [0.717, 1.165) is 28.4 Å². The Morgan fingerprint density at radius 1 is 0.891 bits per heavy atom. The van der Waals surface area contributed by atoms with Crippen LogP contribution in [0.5, 0.6) is 11.5 Å². The average Bonchev–Trinajstić information content (AvgIpc) is 3.78.